The number of nitrogens with one attached hydrogen (secondary N) is 2. The Kier molecular flexibility index (Phi) is 10.2. The fraction of sp³-hybridized carbons (Fsp3) is 0.550. The van der Waals surface area contributed by atoms with Gasteiger partial charge in [-0.25, -0.2) is 9.59 Å². The van der Waals surface area contributed by atoms with E-state index in [0.29, 0.717) is 5.56 Å². The largest absolute Gasteiger partial charge is 0.467 e. The van der Waals surface area contributed by atoms with Crippen molar-refractivity contribution in [2.24, 2.45) is 0 Å². The number of aliphatic hydroxyl groups excluding tert-OH is 1. The molecule has 2 atom stereocenters. The van der Waals surface area contributed by atoms with Crippen molar-refractivity contribution in [1.82, 2.24) is 10.6 Å². The molecule has 2 amide bonds. The minimum atomic E-state index is -0.917. The lowest BCUT2D eigenvalue weighted by Gasteiger charge is -2.22. The highest BCUT2D eigenvalue weighted by atomic mass is 16.6. The summed E-state index contributed by atoms with van der Waals surface area (Å²) in [5, 5.41) is 14.3. The molecule has 1 aromatic rings. The fourth-order valence-electron chi connectivity index (χ4n) is 2.16. The topological polar surface area (TPSA) is 114 Å². The third-order valence-corrected chi connectivity index (χ3v) is 3.39. The minimum Gasteiger partial charge on any atom is -0.467 e. The first-order valence-corrected chi connectivity index (χ1v) is 8.64. The second kappa shape index (κ2) is 11.3. The number of hydrogen-bond donors (Lipinski definition) is 3. The summed E-state index contributed by atoms with van der Waals surface area (Å²) in [5.74, 6) is -0.904. The fourth-order valence-corrected chi connectivity index (χ4v) is 2.16. The van der Waals surface area contributed by atoms with E-state index in [-0.39, 0.29) is 26.3 Å². The molecule has 2 unspecified atom stereocenters. The molecule has 1 aromatic carbocycles. The van der Waals surface area contributed by atoms with E-state index in [4.69, 9.17) is 9.47 Å². The van der Waals surface area contributed by atoms with Crippen molar-refractivity contribution in [2.45, 2.75) is 59.3 Å². The number of ether oxygens (including phenoxy) is 2. The van der Waals surface area contributed by atoms with Gasteiger partial charge in [-0.05, 0) is 45.4 Å². The van der Waals surface area contributed by atoms with Gasteiger partial charge in [0.2, 0.25) is 0 Å². The van der Waals surface area contributed by atoms with Gasteiger partial charge in [0.25, 0.3) is 5.91 Å². The highest BCUT2D eigenvalue weighted by Gasteiger charge is 2.25. The van der Waals surface area contributed by atoms with Crippen LogP contribution in [0.1, 0.15) is 51.0 Å². The number of carbonyl (C=O) groups is 3. The van der Waals surface area contributed by atoms with Crippen LogP contribution < -0.4 is 10.6 Å². The molecule has 0 saturated carbocycles. The predicted octanol–water partition coefficient (Wildman–Crippen LogP) is 2.04. The second-order valence-corrected chi connectivity index (χ2v) is 7.18. The van der Waals surface area contributed by atoms with Gasteiger partial charge in [-0.2, -0.15) is 0 Å². The van der Waals surface area contributed by atoms with Gasteiger partial charge < -0.3 is 25.2 Å². The molecule has 0 aliphatic carbocycles. The lowest BCUT2D eigenvalue weighted by Crippen LogP contribution is -2.45. The van der Waals surface area contributed by atoms with Gasteiger partial charge in [-0.1, -0.05) is 19.6 Å². The summed E-state index contributed by atoms with van der Waals surface area (Å²) in [5.41, 5.74) is 0.467. The zero-order valence-electron chi connectivity index (χ0n) is 16.4. The summed E-state index contributed by atoms with van der Waals surface area (Å²) >= 11 is 0. The van der Waals surface area contributed by atoms with Crippen molar-refractivity contribution in [1.29, 1.82) is 0 Å². The molecule has 0 heterocycles. The number of alkyl carbamates (subject to hydrolysis) is 1. The molecular weight excluding hydrogens is 364 g/mol. The molecule has 0 saturated heterocycles. The lowest BCUT2D eigenvalue weighted by molar-refractivity contribution is -0.143. The number of hydrogen-bond acceptors (Lipinski definition) is 6. The SMILES string of the molecule is C.COC(=O)C(Cc1ccc(C(=O)NCC(C)O)cc1)NC(=O)OC(C)(C)C. The molecule has 0 aliphatic rings. The summed E-state index contributed by atoms with van der Waals surface area (Å²) in [6.45, 7) is 6.90. The van der Waals surface area contributed by atoms with Gasteiger partial charge in [0.05, 0.1) is 13.2 Å². The summed E-state index contributed by atoms with van der Waals surface area (Å²) in [4.78, 5) is 35.8. The molecule has 0 aliphatic heterocycles. The van der Waals surface area contributed by atoms with Crippen LogP contribution in [0.4, 0.5) is 4.79 Å². The number of benzene rings is 1. The maximum atomic E-state index is 12.0. The molecule has 0 spiro atoms. The van der Waals surface area contributed by atoms with Crippen molar-refractivity contribution < 1.29 is 29.0 Å². The molecule has 8 heteroatoms. The van der Waals surface area contributed by atoms with Crippen LogP contribution in [0.5, 0.6) is 0 Å². The number of rotatable bonds is 7. The van der Waals surface area contributed by atoms with Crippen LogP contribution in [0.25, 0.3) is 0 Å². The molecule has 0 fully saturated rings. The second-order valence-electron chi connectivity index (χ2n) is 7.18. The average Bonchev–Trinajstić information content (AvgIpc) is 2.57. The van der Waals surface area contributed by atoms with Crippen LogP contribution in [0, 0.1) is 0 Å². The molecule has 0 bridgehead atoms. The summed E-state index contributed by atoms with van der Waals surface area (Å²) in [6, 6.07) is 5.66. The molecule has 28 heavy (non-hydrogen) atoms. The summed E-state index contributed by atoms with van der Waals surface area (Å²) < 4.78 is 9.90. The number of carbonyl (C=O) groups excluding carboxylic acids is 3. The van der Waals surface area contributed by atoms with Gasteiger partial charge in [0.1, 0.15) is 11.6 Å². The highest BCUT2D eigenvalue weighted by Crippen LogP contribution is 2.10. The van der Waals surface area contributed by atoms with Gasteiger partial charge in [-0.15, -0.1) is 0 Å². The Labute approximate surface area is 166 Å². The van der Waals surface area contributed by atoms with Crippen LogP contribution >= 0.6 is 0 Å². The van der Waals surface area contributed by atoms with E-state index in [1.54, 1.807) is 52.0 Å². The molecule has 0 radical (unpaired) electrons. The highest BCUT2D eigenvalue weighted by molar-refractivity contribution is 5.94. The standard InChI is InChI=1S/C19H28N2O6.CH4/c1-12(22)11-20-16(23)14-8-6-13(7-9-14)10-15(17(24)26-5)21-18(25)27-19(2,3)4;/h6-9,12,15,22H,10-11H2,1-5H3,(H,20,23)(H,21,25);1H4. The first-order valence-electron chi connectivity index (χ1n) is 8.64. The zero-order chi connectivity index (χ0) is 20.6. The van der Waals surface area contributed by atoms with E-state index in [1.165, 1.54) is 7.11 Å². The molecule has 8 nitrogen and oxygen atoms in total. The Hall–Kier alpha value is -2.61. The number of esters is 1. The maximum absolute atomic E-state index is 12.0. The third kappa shape index (κ3) is 9.36. The van der Waals surface area contributed by atoms with Gasteiger partial charge >= 0.3 is 12.1 Å². The van der Waals surface area contributed by atoms with Gasteiger partial charge in [0, 0.05) is 18.5 Å². The van der Waals surface area contributed by atoms with E-state index in [2.05, 4.69) is 10.6 Å². The average molecular weight is 396 g/mol. The normalized spacial score (nSPS) is 12.8. The maximum Gasteiger partial charge on any atom is 0.408 e. The van der Waals surface area contributed by atoms with Gasteiger partial charge in [-0.3, -0.25) is 4.79 Å². The predicted molar refractivity (Wildman–Crippen MR) is 106 cm³/mol. The van der Waals surface area contributed by atoms with Crippen molar-refractivity contribution >= 4 is 18.0 Å². The van der Waals surface area contributed by atoms with Crippen LogP contribution in [-0.2, 0) is 20.7 Å². The smallest absolute Gasteiger partial charge is 0.408 e. The van der Waals surface area contributed by atoms with Crippen molar-refractivity contribution in [3.63, 3.8) is 0 Å². The van der Waals surface area contributed by atoms with E-state index in [0.717, 1.165) is 5.56 Å². The van der Waals surface area contributed by atoms with Crippen molar-refractivity contribution in [3.8, 4) is 0 Å². The molecule has 158 valence electrons. The van der Waals surface area contributed by atoms with E-state index >= 15 is 0 Å². The Morgan fingerprint density at radius 2 is 1.71 bits per heavy atom. The monoisotopic (exact) mass is 396 g/mol. The minimum absolute atomic E-state index is 0. The first-order chi connectivity index (χ1) is 12.5. The Balaban J connectivity index is 0.00000729. The molecular formula is C20H32N2O6. The van der Waals surface area contributed by atoms with Crippen LogP contribution in [0.15, 0.2) is 24.3 Å². The number of methoxy groups -OCH3 is 1. The van der Waals surface area contributed by atoms with Gasteiger partial charge in [0.15, 0.2) is 0 Å². The molecule has 0 aromatic heterocycles. The Bertz CT molecular complexity index is 650. The van der Waals surface area contributed by atoms with Crippen molar-refractivity contribution in [2.75, 3.05) is 13.7 Å². The van der Waals surface area contributed by atoms with Crippen LogP contribution in [0.2, 0.25) is 0 Å². The number of aliphatic hydroxyl groups is 1. The van der Waals surface area contributed by atoms with Crippen LogP contribution in [-0.4, -0.2) is 54.5 Å². The summed E-state index contributed by atoms with van der Waals surface area (Å²) in [6.07, 6.45) is -1.17. The lowest BCUT2D eigenvalue weighted by atomic mass is 10.0. The van der Waals surface area contributed by atoms with E-state index in [9.17, 15) is 19.5 Å². The third-order valence-electron chi connectivity index (χ3n) is 3.39. The summed E-state index contributed by atoms with van der Waals surface area (Å²) in [7, 11) is 1.24. The molecule has 1 rings (SSSR count). The Morgan fingerprint density at radius 3 is 2.18 bits per heavy atom. The quantitative estimate of drug-likeness (QED) is 0.608. The number of amides is 2. The zero-order valence-corrected chi connectivity index (χ0v) is 16.4. The van der Waals surface area contributed by atoms with E-state index < -0.39 is 29.8 Å². The van der Waals surface area contributed by atoms with Crippen LogP contribution in [0.3, 0.4) is 0 Å². The van der Waals surface area contributed by atoms with Crippen molar-refractivity contribution in [3.05, 3.63) is 35.4 Å². The molecule has 3 N–H and O–H groups in total. The van der Waals surface area contributed by atoms with E-state index in [1.807, 2.05) is 0 Å². The first kappa shape index (κ1) is 25.4. The Morgan fingerprint density at radius 1 is 1.14 bits per heavy atom.